The van der Waals surface area contributed by atoms with Crippen molar-refractivity contribution in [1.82, 2.24) is 18.7 Å². The van der Waals surface area contributed by atoms with Crippen LogP contribution in [0, 0.1) is 6.92 Å². The first-order valence-electron chi connectivity index (χ1n) is 9.56. The lowest BCUT2D eigenvalue weighted by Crippen LogP contribution is -2.29. The van der Waals surface area contributed by atoms with Gasteiger partial charge in [0.05, 0.1) is 16.2 Å². The van der Waals surface area contributed by atoms with Crippen LogP contribution in [0.5, 0.6) is 0 Å². The minimum Gasteiger partial charge on any atom is -0.323 e. The van der Waals surface area contributed by atoms with Crippen LogP contribution in [0.25, 0.3) is 16.0 Å². The monoisotopic (exact) mass is 445 g/mol. The van der Waals surface area contributed by atoms with Crippen molar-refractivity contribution in [2.45, 2.75) is 39.8 Å². The average molecular weight is 446 g/mol. The zero-order valence-corrected chi connectivity index (χ0v) is 18.1. The molecule has 0 aliphatic rings. The molecule has 1 aromatic carbocycles. The lowest BCUT2D eigenvalue weighted by atomic mass is 10.2. The number of halogens is 1. The van der Waals surface area contributed by atoms with Gasteiger partial charge in [0, 0.05) is 6.54 Å². The Labute approximate surface area is 180 Å². The molecule has 10 heteroatoms. The van der Waals surface area contributed by atoms with Gasteiger partial charge < -0.3 is 5.32 Å². The minimum absolute atomic E-state index is 0.172. The number of anilines is 1. The third-order valence-corrected chi connectivity index (χ3v) is 6.02. The summed E-state index contributed by atoms with van der Waals surface area (Å²) in [6, 6.07) is 7.00. The van der Waals surface area contributed by atoms with Crippen molar-refractivity contribution >= 4 is 50.5 Å². The fourth-order valence-electron chi connectivity index (χ4n) is 3.30. The van der Waals surface area contributed by atoms with Gasteiger partial charge in [-0.1, -0.05) is 31.0 Å². The first-order valence-corrected chi connectivity index (χ1v) is 10.8. The zero-order valence-electron chi connectivity index (χ0n) is 16.5. The van der Waals surface area contributed by atoms with E-state index in [4.69, 9.17) is 11.6 Å². The standard InChI is InChI=1S/C20H20ClN5O3S/c1-3-4-8-24-18(28)17-15(7-9-30-17)26-19(24)23-25(20(26)29)11-16(27)22-14-6-5-12(2)10-13(14)21/h5-7,9-10H,3-4,8,11H2,1-2H3,(H,22,27). The summed E-state index contributed by atoms with van der Waals surface area (Å²) in [5.74, 6) is -0.194. The first kappa shape index (κ1) is 20.4. The molecule has 1 amide bonds. The first-order chi connectivity index (χ1) is 14.4. The van der Waals surface area contributed by atoms with Crippen LogP contribution in [0.1, 0.15) is 25.3 Å². The van der Waals surface area contributed by atoms with E-state index in [-0.39, 0.29) is 17.9 Å². The predicted molar refractivity (Wildman–Crippen MR) is 119 cm³/mol. The topological polar surface area (TPSA) is 90.4 Å². The van der Waals surface area contributed by atoms with Gasteiger partial charge in [0.1, 0.15) is 11.2 Å². The molecule has 156 valence electrons. The van der Waals surface area contributed by atoms with Gasteiger partial charge in [0.25, 0.3) is 5.56 Å². The van der Waals surface area contributed by atoms with Crippen molar-refractivity contribution in [3.8, 4) is 0 Å². The van der Waals surface area contributed by atoms with Gasteiger partial charge in [0.15, 0.2) is 0 Å². The maximum Gasteiger partial charge on any atom is 0.352 e. The Bertz CT molecular complexity index is 1380. The number of carbonyl (C=O) groups excluding carboxylic acids is 1. The molecule has 0 spiro atoms. The summed E-state index contributed by atoms with van der Waals surface area (Å²) in [4.78, 5) is 38.4. The minimum atomic E-state index is -0.469. The summed E-state index contributed by atoms with van der Waals surface area (Å²) in [5, 5.41) is 9.20. The number of rotatable bonds is 6. The number of aromatic nitrogens is 4. The summed E-state index contributed by atoms with van der Waals surface area (Å²) >= 11 is 7.46. The number of fused-ring (bicyclic) bond motifs is 3. The van der Waals surface area contributed by atoms with E-state index in [1.807, 2.05) is 19.9 Å². The van der Waals surface area contributed by atoms with E-state index in [9.17, 15) is 14.4 Å². The molecule has 4 rings (SSSR count). The lowest BCUT2D eigenvalue weighted by molar-refractivity contribution is -0.117. The van der Waals surface area contributed by atoms with Gasteiger partial charge in [-0.25, -0.2) is 13.9 Å². The van der Waals surface area contributed by atoms with Crippen molar-refractivity contribution in [2.75, 3.05) is 5.32 Å². The van der Waals surface area contributed by atoms with Gasteiger partial charge in [-0.3, -0.25) is 14.2 Å². The molecule has 0 atom stereocenters. The van der Waals surface area contributed by atoms with E-state index in [0.717, 1.165) is 23.1 Å². The van der Waals surface area contributed by atoms with E-state index in [2.05, 4.69) is 10.4 Å². The van der Waals surface area contributed by atoms with Crippen molar-refractivity contribution < 1.29 is 4.79 Å². The van der Waals surface area contributed by atoms with Crippen LogP contribution in [-0.4, -0.2) is 24.7 Å². The molecule has 0 aliphatic carbocycles. The average Bonchev–Trinajstić information content (AvgIpc) is 3.30. The summed E-state index contributed by atoms with van der Waals surface area (Å²) in [7, 11) is 0. The number of nitrogens with one attached hydrogen (secondary N) is 1. The largest absolute Gasteiger partial charge is 0.352 e. The second-order valence-electron chi connectivity index (χ2n) is 7.05. The van der Waals surface area contributed by atoms with E-state index in [0.29, 0.717) is 27.5 Å². The maximum atomic E-state index is 13.0. The van der Waals surface area contributed by atoms with Gasteiger partial charge in [-0.05, 0) is 42.5 Å². The highest BCUT2D eigenvalue weighted by Crippen LogP contribution is 2.22. The normalized spacial score (nSPS) is 11.4. The fraction of sp³-hybridized carbons (Fsp3) is 0.300. The molecule has 0 fully saturated rings. The number of hydrogen-bond acceptors (Lipinski definition) is 5. The Hall–Kier alpha value is -2.91. The Morgan fingerprint density at radius 1 is 1.27 bits per heavy atom. The SMILES string of the molecule is CCCCn1c(=O)c2sccc2n2c(=O)n(CC(=O)Nc3ccc(C)cc3Cl)nc12. The number of benzene rings is 1. The Morgan fingerprint density at radius 2 is 2.07 bits per heavy atom. The smallest absolute Gasteiger partial charge is 0.323 e. The predicted octanol–water partition coefficient (Wildman–Crippen LogP) is 3.27. The van der Waals surface area contributed by atoms with Crippen LogP contribution >= 0.6 is 22.9 Å². The molecular weight excluding hydrogens is 426 g/mol. The molecular formula is C20H20ClN5O3S. The van der Waals surface area contributed by atoms with E-state index in [1.165, 1.54) is 20.3 Å². The van der Waals surface area contributed by atoms with Crippen LogP contribution in [0.3, 0.4) is 0 Å². The molecule has 0 aliphatic heterocycles. The molecule has 0 radical (unpaired) electrons. The van der Waals surface area contributed by atoms with Crippen molar-refractivity contribution in [3.63, 3.8) is 0 Å². The highest BCUT2D eigenvalue weighted by molar-refractivity contribution is 7.17. The van der Waals surface area contributed by atoms with Crippen LogP contribution < -0.4 is 16.6 Å². The van der Waals surface area contributed by atoms with E-state index < -0.39 is 11.6 Å². The van der Waals surface area contributed by atoms with Crippen LogP contribution in [0.2, 0.25) is 5.02 Å². The molecule has 8 nitrogen and oxygen atoms in total. The number of hydrogen-bond donors (Lipinski definition) is 1. The number of nitrogens with zero attached hydrogens (tertiary/aromatic N) is 4. The molecule has 30 heavy (non-hydrogen) atoms. The highest BCUT2D eigenvalue weighted by Gasteiger charge is 2.19. The molecule has 3 aromatic heterocycles. The fourth-order valence-corrected chi connectivity index (χ4v) is 4.41. The van der Waals surface area contributed by atoms with Crippen LogP contribution in [0.15, 0.2) is 39.2 Å². The van der Waals surface area contributed by atoms with Crippen LogP contribution in [0.4, 0.5) is 5.69 Å². The molecule has 0 saturated carbocycles. The van der Waals surface area contributed by atoms with Gasteiger partial charge in [-0.15, -0.1) is 16.4 Å². The van der Waals surface area contributed by atoms with E-state index in [1.54, 1.807) is 23.6 Å². The Balaban J connectivity index is 1.75. The van der Waals surface area contributed by atoms with Gasteiger partial charge in [0.2, 0.25) is 11.7 Å². The summed E-state index contributed by atoms with van der Waals surface area (Å²) in [5.41, 5.74) is 1.30. The summed E-state index contributed by atoms with van der Waals surface area (Å²) in [6.07, 6.45) is 1.67. The number of amides is 1. The molecule has 0 saturated heterocycles. The summed E-state index contributed by atoms with van der Waals surface area (Å²) in [6.45, 7) is 4.08. The third-order valence-electron chi connectivity index (χ3n) is 4.82. The van der Waals surface area contributed by atoms with Crippen LogP contribution in [-0.2, 0) is 17.9 Å². The number of carbonyl (C=O) groups is 1. The summed E-state index contributed by atoms with van der Waals surface area (Å²) < 4.78 is 4.48. The van der Waals surface area contributed by atoms with Crippen molar-refractivity contribution in [3.05, 3.63) is 61.1 Å². The molecule has 1 N–H and O–H groups in total. The highest BCUT2D eigenvalue weighted by atomic mass is 35.5. The number of aryl methyl sites for hydroxylation is 2. The molecule has 4 aromatic rings. The molecule has 3 heterocycles. The second-order valence-corrected chi connectivity index (χ2v) is 8.38. The maximum absolute atomic E-state index is 13.0. The zero-order chi connectivity index (χ0) is 21.4. The number of thiophene rings is 1. The van der Waals surface area contributed by atoms with E-state index >= 15 is 0 Å². The van der Waals surface area contributed by atoms with Crippen molar-refractivity contribution in [2.24, 2.45) is 0 Å². The lowest BCUT2D eigenvalue weighted by Gasteiger charge is -2.07. The Morgan fingerprint density at radius 3 is 2.80 bits per heavy atom. The second kappa shape index (κ2) is 8.08. The van der Waals surface area contributed by atoms with Gasteiger partial charge >= 0.3 is 5.69 Å². The Kier molecular flexibility index (Phi) is 5.48. The quantitative estimate of drug-likeness (QED) is 0.493. The van der Waals surface area contributed by atoms with Crippen molar-refractivity contribution in [1.29, 1.82) is 0 Å². The number of unbranched alkanes of at least 4 members (excludes halogenated alkanes) is 1. The molecule has 0 bridgehead atoms. The molecule has 0 unspecified atom stereocenters. The van der Waals surface area contributed by atoms with Gasteiger partial charge in [-0.2, -0.15) is 0 Å². The third kappa shape index (κ3) is 3.54.